The molecule has 0 amide bonds. The maximum atomic E-state index is 5.74. The summed E-state index contributed by atoms with van der Waals surface area (Å²) in [5.74, 6) is 2.03. The minimum atomic E-state index is 0.589. The van der Waals surface area contributed by atoms with Gasteiger partial charge in [0, 0.05) is 35.8 Å². The second-order valence-electron chi connectivity index (χ2n) is 5.59. The predicted molar refractivity (Wildman–Crippen MR) is 86.2 cm³/mol. The molecule has 0 bridgehead atoms. The van der Waals surface area contributed by atoms with Crippen molar-refractivity contribution in [1.29, 1.82) is 0 Å². The van der Waals surface area contributed by atoms with Crippen LogP contribution in [0.25, 0.3) is 0 Å². The van der Waals surface area contributed by atoms with Crippen LogP contribution in [0.4, 0.5) is 0 Å². The molecule has 1 aliphatic rings. The zero-order valence-corrected chi connectivity index (χ0v) is 14.0. The van der Waals surface area contributed by atoms with Crippen LogP contribution in [0.5, 0.6) is 11.5 Å². The first-order chi connectivity index (χ1) is 10.2. The first kappa shape index (κ1) is 16.1. The molecule has 0 saturated heterocycles. The van der Waals surface area contributed by atoms with E-state index in [-0.39, 0.29) is 0 Å². The average Bonchev–Trinajstić information content (AvgIpc) is 2.52. The van der Waals surface area contributed by atoms with Crippen LogP contribution in [0, 0.1) is 0 Å². The minimum absolute atomic E-state index is 0.589. The molecule has 1 aliphatic heterocycles. The first-order valence-corrected chi connectivity index (χ1v) is 7.84. The monoisotopic (exact) mass is 292 g/mol. The molecule has 0 radical (unpaired) electrons. The van der Waals surface area contributed by atoms with Gasteiger partial charge in [0.25, 0.3) is 0 Å². The second-order valence-corrected chi connectivity index (χ2v) is 5.59. The SMILES string of the molecule is CCC1Cc2c(c(OC)cc(CNC)c2OC)CN1CC. The Balaban J connectivity index is 2.54. The van der Waals surface area contributed by atoms with Gasteiger partial charge >= 0.3 is 0 Å². The average molecular weight is 292 g/mol. The van der Waals surface area contributed by atoms with Crippen LogP contribution < -0.4 is 14.8 Å². The van der Waals surface area contributed by atoms with Crippen LogP contribution >= 0.6 is 0 Å². The first-order valence-electron chi connectivity index (χ1n) is 7.84. The Labute approximate surface area is 128 Å². The molecule has 118 valence electrons. The fourth-order valence-electron chi connectivity index (χ4n) is 3.41. The Morgan fingerprint density at radius 2 is 2.00 bits per heavy atom. The number of nitrogens with zero attached hydrogens (tertiary/aromatic N) is 1. The third-order valence-electron chi connectivity index (χ3n) is 4.52. The summed E-state index contributed by atoms with van der Waals surface area (Å²) in [4.78, 5) is 2.53. The van der Waals surface area contributed by atoms with Gasteiger partial charge in [-0.1, -0.05) is 13.8 Å². The molecule has 21 heavy (non-hydrogen) atoms. The van der Waals surface area contributed by atoms with Gasteiger partial charge in [-0.05, 0) is 32.5 Å². The molecular weight excluding hydrogens is 264 g/mol. The van der Waals surface area contributed by atoms with E-state index in [4.69, 9.17) is 9.47 Å². The molecule has 0 fully saturated rings. The highest BCUT2D eigenvalue weighted by molar-refractivity contribution is 5.55. The van der Waals surface area contributed by atoms with Crippen molar-refractivity contribution in [3.05, 3.63) is 22.8 Å². The van der Waals surface area contributed by atoms with Crippen LogP contribution in [-0.2, 0) is 19.5 Å². The number of benzene rings is 1. The number of hydrogen-bond donors (Lipinski definition) is 1. The standard InChI is InChI=1S/C17H28N2O2/c1-6-13-9-14-15(11-19(13)7-2)16(20-4)8-12(10-18-3)17(14)21-5/h8,13,18H,6-7,9-11H2,1-5H3. The Morgan fingerprint density at radius 3 is 2.52 bits per heavy atom. The van der Waals surface area contributed by atoms with Crippen LogP contribution in [-0.4, -0.2) is 38.8 Å². The van der Waals surface area contributed by atoms with E-state index in [1.165, 1.54) is 16.7 Å². The topological polar surface area (TPSA) is 33.7 Å². The van der Waals surface area contributed by atoms with E-state index < -0.39 is 0 Å². The molecule has 4 heteroatoms. The molecule has 2 rings (SSSR count). The Morgan fingerprint density at radius 1 is 1.24 bits per heavy atom. The maximum Gasteiger partial charge on any atom is 0.127 e. The molecule has 0 spiro atoms. The number of rotatable bonds is 6. The van der Waals surface area contributed by atoms with E-state index in [0.29, 0.717) is 6.04 Å². The molecule has 1 unspecified atom stereocenters. The predicted octanol–water partition coefficient (Wildman–Crippen LogP) is 2.58. The Hall–Kier alpha value is -1.26. The molecule has 1 N–H and O–H groups in total. The largest absolute Gasteiger partial charge is 0.496 e. The molecule has 0 aromatic heterocycles. The van der Waals surface area contributed by atoms with E-state index in [0.717, 1.165) is 44.0 Å². The van der Waals surface area contributed by atoms with E-state index >= 15 is 0 Å². The van der Waals surface area contributed by atoms with Crippen molar-refractivity contribution in [3.8, 4) is 11.5 Å². The lowest BCUT2D eigenvalue weighted by molar-refractivity contribution is 0.171. The zero-order valence-electron chi connectivity index (χ0n) is 14.0. The van der Waals surface area contributed by atoms with Gasteiger partial charge in [-0.3, -0.25) is 4.90 Å². The van der Waals surface area contributed by atoms with E-state index in [9.17, 15) is 0 Å². The summed E-state index contributed by atoms with van der Waals surface area (Å²) in [6.45, 7) is 7.30. The van der Waals surface area contributed by atoms with Crippen molar-refractivity contribution in [2.75, 3.05) is 27.8 Å². The lowest BCUT2D eigenvalue weighted by Crippen LogP contribution is -2.40. The highest BCUT2D eigenvalue weighted by Gasteiger charge is 2.29. The van der Waals surface area contributed by atoms with Crippen LogP contribution in [0.2, 0.25) is 0 Å². The van der Waals surface area contributed by atoms with Gasteiger partial charge in [0.2, 0.25) is 0 Å². The summed E-state index contributed by atoms with van der Waals surface area (Å²) in [6, 6.07) is 2.71. The fourth-order valence-corrected chi connectivity index (χ4v) is 3.41. The number of likely N-dealkylation sites (N-methyl/N-ethyl adjacent to an activating group) is 1. The summed E-state index contributed by atoms with van der Waals surface area (Å²) in [5.41, 5.74) is 3.80. The summed E-state index contributed by atoms with van der Waals surface area (Å²) in [5, 5.41) is 3.22. The molecule has 0 aliphatic carbocycles. The van der Waals surface area contributed by atoms with Crippen molar-refractivity contribution in [3.63, 3.8) is 0 Å². The molecule has 0 saturated carbocycles. The fraction of sp³-hybridized carbons (Fsp3) is 0.647. The van der Waals surface area contributed by atoms with Gasteiger partial charge in [0.05, 0.1) is 14.2 Å². The van der Waals surface area contributed by atoms with Gasteiger partial charge in [-0.2, -0.15) is 0 Å². The summed E-state index contributed by atoms with van der Waals surface area (Å²) in [6.07, 6.45) is 2.20. The van der Waals surface area contributed by atoms with Crippen molar-refractivity contribution < 1.29 is 9.47 Å². The second kappa shape index (κ2) is 7.14. The summed E-state index contributed by atoms with van der Waals surface area (Å²) >= 11 is 0. The lowest BCUT2D eigenvalue weighted by atomic mass is 9.89. The highest BCUT2D eigenvalue weighted by Crippen LogP contribution is 2.40. The van der Waals surface area contributed by atoms with Gasteiger partial charge < -0.3 is 14.8 Å². The quantitative estimate of drug-likeness (QED) is 0.874. The third-order valence-corrected chi connectivity index (χ3v) is 4.52. The Kier molecular flexibility index (Phi) is 5.48. The summed E-state index contributed by atoms with van der Waals surface area (Å²) < 4.78 is 11.4. The van der Waals surface area contributed by atoms with E-state index in [2.05, 4.69) is 30.1 Å². The third kappa shape index (κ3) is 3.01. The molecular formula is C17H28N2O2. The van der Waals surface area contributed by atoms with Crippen molar-refractivity contribution in [1.82, 2.24) is 10.2 Å². The van der Waals surface area contributed by atoms with Crippen LogP contribution in [0.15, 0.2) is 6.07 Å². The minimum Gasteiger partial charge on any atom is -0.496 e. The van der Waals surface area contributed by atoms with Gasteiger partial charge in [0.15, 0.2) is 0 Å². The highest BCUT2D eigenvalue weighted by atomic mass is 16.5. The number of fused-ring (bicyclic) bond motifs is 1. The van der Waals surface area contributed by atoms with Crippen LogP contribution in [0.3, 0.4) is 0 Å². The van der Waals surface area contributed by atoms with Crippen LogP contribution in [0.1, 0.15) is 37.0 Å². The Bertz CT molecular complexity index is 488. The molecule has 4 nitrogen and oxygen atoms in total. The lowest BCUT2D eigenvalue weighted by Gasteiger charge is -2.37. The summed E-state index contributed by atoms with van der Waals surface area (Å²) in [7, 11) is 5.49. The number of nitrogens with one attached hydrogen (secondary N) is 1. The van der Waals surface area contributed by atoms with Gasteiger partial charge in [-0.25, -0.2) is 0 Å². The number of hydrogen-bond acceptors (Lipinski definition) is 4. The van der Waals surface area contributed by atoms with E-state index in [1.54, 1.807) is 14.2 Å². The molecule has 1 atom stereocenters. The number of ether oxygens (including phenoxy) is 2. The van der Waals surface area contributed by atoms with Gasteiger partial charge in [-0.15, -0.1) is 0 Å². The van der Waals surface area contributed by atoms with Crippen molar-refractivity contribution >= 4 is 0 Å². The molecule has 1 aromatic carbocycles. The van der Waals surface area contributed by atoms with Gasteiger partial charge in [0.1, 0.15) is 11.5 Å². The van der Waals surface area contributed by atoms with Crippen molar-refractivity contribution in [2.24, 2.45) is 0 Å². The smallest absolute Gasteiger partial charge is 0.127 e. The maximum absolute atomic E-state index is 5.74. The molecule has 1 heterocycles. The normalized spacial score (nSPS) is 18.4. The van der Waals surface area contributed by atoms with E-state index in [1.807, 2.05) is 7.05 Å². The number of methoxy groups -OCH3 is 2. The zero-order chi connectivity index (χ0) is 15.4. The van der Waals surface area contributed by atoms with Crippen molar-refractivity contribution in [2.45, 2.75) is 45.8 Å². The molecule has 1 aromatic rings.